The molecule has 2 rings (SSSR count). The minimum atomic E-state index is 0.809. The van der Waals surface area contributed by atoms with Gasteiger partial charge in [-0.3, -0.25) is 0 Å². The highest BCUT2D eigenvalue weighted by molar-refractivity contribution is 5.21. The molecule has 0 atom stereocenters. The molecular weight excluding hydrogens is 172 g/mol. The Hall–Kier alpha value is -0.720. The van der Waals surface area contributed by atoms with Gasteiger partial charge in [0.1, 0.15) is 5.76 Å². The fraction of sp³-hybridized carbons (Fsp3) is 0.615. The minimum Gasteiger partial charge on any atom is -0.494 e. The first kappa shape index (κ1) is 9.82. The van der Waals surface area contributed by atoms with E-state index < -0.39 is 0 Å². The third kappa shape index (κ3) is 2.90. The topological polar surface area (TPSA) is 9.23 Å². The maximum absolute atomic E-state index is 5.78. The molecule has 0 spiro atoms. The third-order valence-corrected chi connectivity index (χ3v) is 3.06. The summed E-state index contributed by atoms with van der Waals surface area (Å²) in [5.74, 6) is 1.88. The van der Waals surface area contributed by atoms with Crippen molar-refractivity contribution in [3.05, 3.63) is 30.4 Å². The Morgan fingerprint density at radius 2 is 2.07 bits per heavy atom. The van der Waals surface area contributed by atoms with E-state index in [9.17, 15) is 0 Å². The smallest absolute Gasteiger partial charge is 0.115 e. The van der Waals surface area contributed by atoms with Gasteiger partial charge in [0, 0.05) is 0 Å². The summed E-state index contributed by atoms with van der Waals surface area (Å²) >= 11 is 0. The summed E-state index contributed by atoms with van der Waals surface area (Å²) in [5, 5.41) is 0. The summed E-state index contributed by atoms with van der Waals surface area (Å²) in [4.78, 5) is 0. The van der Waals surface area contributed by atoms with Gasteiger partial charge in [0.05, 0.1) is 6.61 Å². The van der Waals surface area contributed by atoms with Gasteiger partial charge in [0.15, 0.2) is 0 Å². The van der Waals surface area contributed by atoms with Crippen molar-refractivity contribution in [2.75, 3.05) is 6.61 Å². The van der Waals surface area contributed by atoms with Crippen LogP contribution in [0.15, 0.2) is 24.0 Å². The molecular formula is C13H19O. The van der Waals surface area contributed by atoms with Crippen molar-refractivity contribution in [1.82, 2.24) is 0 Å². The van der Waals surface area contributed by atoms with Crippen LogP contribution in [0.4, 0.5) is 0 Å². The molecule has 14 heavy (non-hydrogen) atoms. The van der Waals surface area contributed by atoms with Crippen molar-refractivity contribution in [3.63, 3.8) is 0 Å². The summed E-state index contributed by atoms with van der Waals surface area (Å²) in [6, 6.07) is 0. The van der Waals surface area contributed by atoms with Crippen molar-refractivity contribution >= 4 is 0 Å². The lowest BCUT2D eigenvalue weighted by atomic mass is 9.90. The van der Waals surface area contributed by atoms with Crippen LogP contribution in [0, 0.1) is 12.3 Å². The first-order valence-electron chi connectivity index (χ1n) is 5.78. The van der Waals surface area contributed by atoms with E-state index in [0.29, 0.717) is 0 Å². The van der Waals surface area contributed by atoms with E-state index in [1.165, 1.54) is 32.1 Å². The number of hydrogen-bond donors (Lipinski definition) is 0. The molecule has 0 N–H and O–H groups in total. The lowest BCUT2D eigenvalue weighted by Gasteiger charge is -2.22. The van der Waals surface area contributed by atoms with E-state index in [1.54, 1.807) is 0 Å². The van der Waals surface area contributed by atoms with Crippen LogP contribution in [-0.2, 0) is 4.74 Å². The molecule has 1 fully saturated rings. The highest BCUT2D eigenvalue weighted by atomic mass is 16.5. The monoisotopic (exact) mass is 191 g/mol. The molecule has 0 bridgehead atoms. The normalized spacial score (nSPS) is 23.3. The Kier molecular flexibility index (Phi) is 3.67. The van der Waals surface area contributed by atoms with Crippen LogP contribution in [0.25, 0.3) is 0 Å². The van der Waals surface area contributed by atoms with Gasteiger partial charge in [-0.2, -0.15) is 0 Å². The molecule has 0 aromatic heterocycles. The number of allylic oxidation sites excluding steroid dienone is 3. The molecule has 0 aliphatic heterocycles. The summed E-state index contributed by atoms with van der Waals surface area (Å²) in [6.07, 6.45) is 16.4. The fourth-order valence-corrected chi connectivity index (χ4v) is 2.17. The Labute approximate surface area is 86.8 Å². The molecule has 2 aliphatic rings. The van der Waals surface area contributed by atoms with Crippen LogP contribution < -0.4 is 0 Å². The zero-order valence-corrected chi connectivity index (χ0v) is 8.74. The number of rotatable bonds is 3. The molecule has 0 saturated heterocycles. The van der Waals surface area contributed by atoms with Gasteiger partial charge in [0.25, 0.3) is 0 Å². The van der Waals surface area contributed by atoms with Gasteiger partial charge in [-0.1, -0.05) is 25.3 Å². The standard InChI is InChI=1S/C13H19O/c1-3-7-12(8-4-1)11-14-13-9-5-2-6-10-13/h2,5,9-10,12H,1,3-4,6-8,11H2. The molecule has 77 valence electrons. The van der Waals surface area contributed by atoms with Crippen molar-refractivity contribution in [3.8, 4) is 0 Å². The molecule has 0 aromatic carbocycles. The van der Waals surface area contributed by atoms with Gasteiger partial charge < -0.3 is 4.74 Å². The maximum Gasteiger partial charge on any atom is 0.115 e. The Morgan fingerprint density at radius 1 is 1.21 bits per heavy atom. The molecule has 0 heterocycles. The van der Waals surface area contributed by atoms with Crippen LogP contribution in [0.2, 0.25) is 0 Å². The van der Waals surface area contributed by atoms with Crippen LogP contribution in [0.1, 0.15) is 38.5 Å². The molecule has 1 nitrogen and oxygen atoms in total. The van der Waals surface area contributed by atoms with Crippen molar-refractivity contribution < 1.29 is 4.74 Å². The van der Waals surface area contributed by atoms with E-state index in [-0.39, 0.29) is 0 Å². The highest BCUT2D eigenvalue weighted by Gasteiger charge is 2.14. The molecule has 1 radical (unpaired) electrons. The van der Waals surface area contributed by atoms with Crippen LogP contribution >= 0.6 is 0 Å². The Morgan fingerprint density at radius 3 is 2.79 bits per heavy atom. The van der Waals surface area contributed by atoms with E-state index >= 15 is 0 Å². The second kappa shape index (κ2) is 5.23. The van der Waals surface area contributed by atoms with E-state index in [1.807, 2.05) is 0 Å². The second-order valence-electron chi connectivity index (χ2n) is 4.25. The average molecular weight is 191 g/mol. The molecule has 0 amide bonds. The zero-order valence-electron chi connectivity index (χ0n) is 8.74. The predicted octanol–water partition coefficient (Wildman–Crippen LogP) is 3.63. The summed E-state index contributed by atoms with van der Waals surface area (Å²) in [6.45, 7) is 0.927. The van der Waals surface area contributed by atoms with Crippen molar-refractivity contribution in [2.24, 2.45) is 5.92 Å². The third-order valence-electron chi connectivity index (χ3n) is 3.06. The Bertz CT molecular complexity index is 221. The van der Waals surface area contributed by atoms with E-state index in [4.69, 9.17) is 4.74 Å². The molecule has 2 aliphatic carbocycles. The van der Waals surface area contributed by atoms with Gasteiger partial charge in [-0.15, -0.1) is 0 Å². The first-order valence-corrected chi connectivity index (χ1v) is 5.78. The lowest BCUT2D eigenvalue weighted by molar-refractivity contribution is 0.149. The predicted molar refractivity (Wildman–Crippen MR) is 58.7 cm³/mol. The number of ether oxygens (including phenoxy) is 1. The fourth-order valence-electron chi connectivity index (χ4n) is 2.17. The van der Waals surface area contributed by atoms with Crippen LogP contribution in [-0.4, -0.2) is 6.61 Å². The molecule has 1 saturated carbocycles. The summed E-state index contributed by atoms with van der Waals surface area (Å²) in [7, 11) is 0. The first-order chi connectivity index (χ1) is 6.95. The lowest BCUT2D eigenvalue weighted by Crippen LogP contribution is -2.13. The Balaban J connectivity index is 1.70. The summed E-state index contributed by atoms with van der Waals surface area (Å²) < 4.78 is 5.78. The number of hydrogen-bond acceptors (Lipinski definition) is 1. The van der Waals surface area contributed by atoms with Crippen molar-refractivity contribution in [1.29, 1.82) is 0 Å². The second-order valence-corrected chi connectivity index (χ2v) is 4.25. The zero-order chi connectivity index (χ0) is 9.64. The molecule has 0 aromatic rings. The highest BCUT2D eigenvalue weighted by Crippen LogP contribution is 2.24. The SMILES string of the molecule is [CH]1C=CC(OCC2CCCCC2)=CC1. The minimum absolute atomic E-state index is 0.809. The van der Waals surface area contributed by atoms with Crippen LogP contribution in [0.5, 0.6) is 0 Å². The van der Waals surface area contributed by atoms with Gasteiger partial charge >= 0.3 is 0 Å². The van der Waals surface area contributed by atoms with E-state index in [0.717, 1.165) is 24.7 Å². The molecule has 0 unspecified atom stereocenters. The van der Waals surface area contributed by atoms with E-state index in [2.05, 4.69) is 24.6 Å². The maximum atomic E-state index is 5.78. The molecule has 1 heteroatoms. The van der Waals surface area contributed by atoms with Crippen molar-refractivity contribution in [2.45, 2.75) is 38.5 Å². The summed E-state index contributed by atoms with van der Waals surface area (Å²) in [5.41, 5.74) is 0. The quantitative estimate of drug-likeness (QED) is 0.662. The van der Waals surface area contributed by atoms with Gasteiger partial charge in [-0.25, -0.2) is 0 Å². The average Bonchev–Trinajstić information content (AvgIpc) is 2.29. The largest absolute Gasteiger partial charge is 0.494 e. The van der Waals surface area contributed by atoms with Gasteiger partial charge in [0.2, 0.25) is 0 Å². The van der Waals surface area contributed by atoms with Gasteiger partial charge in [-0.05, 0) is 43.8 Å². The van der Waals surface area contributed by atoms with Crippen LogP contribution in [0.3, 0.4) is 0 Å².